The Bertz CT molecular complexity index is 1760. The molecule has 0 radical (unpaired) electrons. The zero-order valence-corrected chi connectivity index (χ0v) is 24.9. The molecule has 0 aliphatic heterocycles. The number of quaternary nitrogens is 1. The van der Waals surface area contributed by atoms with E-state index in [4.69, 9.17) is 32.5 Å². The summed E-state index contributed by atoms with van der Waals surface area (Å²) in [6.07, 6.45) is -0.577. The Balaban J connectivity index is 1.54. The molecule has 0 saturated heterocycles. The molecule has 228 valence electrons. The molecule has 1 atom stereocenters. The smallest absolute Gasteiger partial charge is 0.374 e. The predicted molar refractivity (Wildman–Crippen MR) is 158 cm³/mol. The molecule has 0 saturated carbocycles. The van der Waals surface area contributed by atoms with Crippen molar-refractivity contribution in [2.45, 2.75) is 20.0 Å². The first-order chi connectivity index (χ1) is 20.4. The molecule has 43 heavy (non-hydrogen) atoms. The van der Waals surface area contributed by atoms with E-state index >= 15 is 0 Å². The van der Waals surface area contributed by atoms with Crippen LogP contribution in [0.4, 0.5) is 5.69 Å². The Morgan fingerprint density at radius 3 is 2.00 bits per heavy atom. The van der Waals surface area contributed by atoms with Gasteiger partial charge in [0, 0.05) is 31.4 Å². The minimum atomic E-state index is -0.734. The summed E-state index contributed by atoms with van der Waals surface area (Å²) < 4.78 is 39.0. The topological polar surface area (TPSA) is 141 Å². The highest BCUT2D eigenvalue weighted by Crippen LogP contribution is 2.32. The number of hydrogen-bond acceptors (Lipinski definition) is 11. The normalized spacial score (nSPS) is 12.2. The van der Waals surface area contributed by atoms with E-state index in [0.29, 0.717) is 10.2 Å². The molecular weight excluding hydrogens is 562 g/mol. The molecular formula is C31H34NO11+. The lowest BCUT2D eigenvalue weighted by Crippen LogP contribution is -2.35. The lowest BCUT2D eigenvalue weighted by Gasteiger charge is -2.24. The van der Waals surface area contributed by atoms with Crippen LogP contribution in [0.1, 0.15) is 35.0 Å². The lowest BCUT2D eigenvalue weighted by atomic mass is 10.1. The van der Waals surface area contributed by atoms with Gasteiger partial charge in [-0.25, -0.2) is 9.59 Å². The first kappa shape index (κ1) is 31.3. The van der Waals surface area contributed by atoms with Crippen molar-refractivity contribution in [2.24, 2.45) is 0 Å². The summed E-state index contributed by atoms with van der Waals surface area (Å²) in [5.74, 6) is -1.21. The number of carbonyl (C=O) groups excluding carboxylic acids is 2. The van der Waals surface area contributed by atoms with Gasteiger partial charge in [-0.2, -0.15) is 0 Å². The monoisotopic (exact) mass is 596 g/mol. The maximum atomic E-state index is 13.1. The van der Waals surface area contributed by atoms with Crippen LogP contribution in [0, 0.1) is 0 Å². The van der Waals surface area contributed by atoms with Gasteiger partial charge >= 0.3 is 11.9 Å². The Kier molecular flexibility index (Phi) is 9.52. The summed E-state index contributed by atoms with van der Waals surface area (Å²) in [5.41, 5.74) is 0.276. The minimum Gasteiger partial charge on any atom is -0.491 e. The third kappa shape index (κ3) is 7.22. The SMILES string of the molecule is CCOC(=O)c1cc(=O)c2cc(OCC(COc3cc([N+](C)(C)C)cc4oc(C(=O)OCC)cc(=O)c34)OC)ccc2o1. The van der Waals surface area contributed by atoms with Gasteiger partial charge in [-0.15, -0.1) is 0 Å². The van der Waals surface area contributed by atoms with Crippen LogP contribution in [-0.4, -0.2) is 72.7 Å². The fourth-order valence-electron chi connectivity index (χ4n) is 4.13. The number of fused-ring (bicyclic) bond motifs is 2. The van der Waals surface area contributed by atoms with Gasteiger partial charge in [-0.05, 0) is 32.0 Å². The van der Waals surface area contributed by atoms with E-state index in [2.05, 4.69) is 0 Å². The van der Waals surface area contributed by atoms with E-state index < -0.39 is 28.9 Å². The molecule has 2 aromatic heterocycles. The van der Waals surface area contributed by atoms with E-state index in [0.717, 1.165) is 17.8 Å². The molecule has 0 bridgehead atoms. The molecule has 12 heteroatoms. The summed E-state index contributed by atoms with van der Waals surface area (Å²) in [6.45, 7) is 3.65. The third-order valence-electron chi connectivity index (χ3n) is 6.40. The number of carbonyl (C=O) groups is 2. The Labute approximate surface area is 246 Å². The molecule has 0 spiro atoms. The van der Waals surface area contributed by atoms with Crippen LogP contribution in [-0.2, 0) is 14.2 Å². The van der Waals surface area contributed by atoms with E-state index in [-0.39, 0.29) is 65.6 Å². The number of benzene rings is 2. The van der Waals surface area contributed by atoms with Gasteiger partial charge < -0.3 is 32.5 Å². The van der Waals surface area contributed by atoms with Crippen LogP contribution >= 0.6 is 0 Å². The second kappa shape index (κ2) is 13.1. The second-order valence-corrected chi connectivity index (χ2v) is 10.4. The van der Waals surface area contributed by atoms with E-state index in [9.17, 15) is 19.2 Å². The average molecular weight is 597 g/mol. The lowest BCUT2D eigenvalue weighted by molar-refractivity contribution is 0.0241. The largest absolute Gasteiger partial charge is 0.491 e. The first-order valence-corrected chi connectivity index (χ1v) is 13.6. The Morgan fingerprint density at radius 2 is 1.40 bits per heavy atom. The van der Waals surface area contributed by atoms with Gasteiger partial charge in [0.25, 0.3) is 0 Å². The maximum Gasteiger partial charge on any atom is 0.374 e. The molecule has 2 heterocycles. The predicted octanol–water partition coefficient (Wildman–Crippen LogP) is 3.92. The van der Waals surface area contributed by atoms with Crippen LogP contribution in [0.15, 0.2) is 60.9 Å². The van der Waals surface area contributed by atoms with Gasteiger partial charge in [-0.1, -0.05) is 0 Å². The highest BCUT2D eigenvalue weighted by molar-refractivity contribution is 5.92. The summed E-state index contributed by atoms with van der Waals surface area (Å²) in [7, 11) is 7.30. The van der Waals surface area contributed by atoms with Gasteiger partial charge in [0.2, 0.25) is 11.5 Å². The van der Waals surface area contributed by atoms with Crippen LogP contribution in [0.3, 0.4) is 0 Å². The standard InChI is InChI=1S/C31H34NO11/c1-7-38-30(35)27-14-22(33)21-13-19(9-10-24(21)42-27)40-16-20(37-6)17-41-25-11-18(32(3,4)5)12-26-29(25)23(34)15-28(43-26)31(36)39-8-2/h9-15,20H,7-8,16-17H2,1-6H3/q+1. The summed E-state index contributed by atoms with van der Waals surface area (Å²) in [5, 5.41) is 0.401. The average Bonchev–Trinajstić information content (AvgIpc) is 2.96. The Hall–Kier alpha value is -4.68. The highest BCUT2D eigenvalue weighted by Gasteiger charge is 2.23. The van der Waals surface area contributed by atoms with Crippen molar-refractivity contribution in [1.82, 2.24) is 4.48 Å². The molecule has 4 aromatic rings. The van der Waals surface area contributed by atoms with E-state index in [1.54, 1.807) is 32.0 Å². The van der Waals surface area contributed by atoms with Gasteiger partial charge in [-0.3, -0.25) is 14.1 Å². The molecule has 4 rings (SSSR count). The van der Waals surface area contributed by atoms with Crippen molar-refractivity contribution in [3.63, 3.8) is 0 Å². The molecule has 12 nitrogen and oxygen atoms in total. The van der Waals surface area contributed by atoms with Crippen molar-refractivity contribution in [3.8, 4) is 11.5 Å². The summed E-state index contributed by atoms with van der Waals surface area (Å²) in [4.78, 5) is 49.9. The quantitative estimate of drug-likeness (QED) is 0.174. The van der Waals surface area contributed by atoms with Crippen molar-refractivity contribution < 1.29 is 42.1 Å². The van der Waals surface area contributed by atoms with Crippen LogP contribution < -0.4 is 24.8 Å². The Morgan fingerprint density at radius 1 is 0.791 bits per heavy atom. The number of hydrogen-bond donors (Lipinski definition) is 0. The number of nitrogens with zero attached hydrogens (tertiary/aromatic N) is 1. The summed E-state index contributed by atoms with van der Waals surface area (Å²) >= 11 is 0. The molecule has 0 N–H and O–H groups in total. The van der Waals surface area contributed by atoms with Crippen molar-refractivity contribution in [2.75, 3.05) is 54.7 Å². The van der Waals surface area contributed by atoms with Crippen molar-refractivity contribution in [3.05, 3.63) is 74.4 Å². The molecule has 0 aliphatic carbocycles. The molecule has 0 aliphatic rings. The highest BCUT2D eigenvalue weighted by atomic mass is 16.6. The molecule has 2 aromatic carbocycles. The molecule has 1 unspecified atom stereocenters. The van der Waals surface area contributed by atoms with Crippen LogP contribution in [0.2, 0.25) is 0 Å². The maximum absolute atomic E-state index is 13.1. The van der Waals surface area contributed by atoms with Crippen molar-refractivity contribution >= 4 is 39.6 Å². The zero-order valence-electron chi connectivity index (χ0n) is 24.9. The number of ether oxygens (including phenoxy) is 5. The fourth-order valence-corrected chi connectivity index (χ4v) is 4.13. The van der Waals surface area contributed by atoms with E-state index in [1.165, 1.54) is 19.2 Å². The van der Waals surface area contributed by atoms with E-state index in [1.807, 2.05) is 21.1 Å². The number of methoxy groups -OCH3 is 1. The van der Waals surface area contributed by atoms with Gasteiger partial charge in [0.05, 0.1) is 39.7 Å². The minimum absolute atomic E-state index is 0.00385. The van der Waals surface area contributed by atoms with Gasteiger partial charge in [0.15, 0.2) is 10.9 Å². The first-order valence-electron chi connectivity index (χ1n) is 13.6. The third-order valence-corrected chi connectivity index (χ3v) is 6.40. The summed E-state index contributed by atoms with van der Waals surface area (Å²) in [6, 6.07) is 10.2. The fraction of sp³-hybridized carbons (Fsp3) is 0.355. The van der Waals surface area contributed by atoms with Crippen LogP contribution in [0.25, 0.3) is 21.9 Å². The van der Waals surface area contributed by atoms with Crippen molar-refractivity contribution in [1.29, 1.82) is 0 Å². The second-order valence-electron chi connectivity index (χ2n) is 10.4. The zero-order chi connectivity index (χ0) is 31.3. The van der Waals surface area contributed by atoms with Gasteiger partial charge in [0.1, 0.15) is 53.1 Å². The number of esters is 2. The van der Waals surface area contributed by atoms with Crippen LogP contribution in [0.5, 0.6) is 11.5 Å². The molecule has 0 fully saturated rings. The molecule has 0 amide bonds. The number of rotatable bonds is 12.